The third-order valence-electron chi connectivity index (χ3n) is 4.71. The molecule has 0 saturated heterocycles. The Hall–Kier alpha value is -2.55. The van der Waals surface area contributed by atoms with Crippen LogP contribution in [-0.2, 0) is 25.6 Å². The molecule has 0 bridgehead atoms. The van der Waals surface area contributed by atoms with Gasteiger partial charge in [0, 0.05) is 32.1 Å². The minimum absolute atomic E-state index is 0.0990. The summed E-state index contributed by atoms with van der Waals surface area (Å²) in [6.07, 6.45) is 0.634. The van der Waals surface area contributed by atoms with E-state index in [-0.39, 0.29) is 35.7 Å². The Morgan fingerprint density at radius 2 is 1.71 bits per heavy atom. The smallest absolute Gasteiger partial charge is 0.242 e. The van der Waals surface area contributed by atoms with Gasteiger partial charge in [-0.15, -0.1) is 0 Å². The Kier molecular flexibility index (Phi) is 11.1. The molecule has 172 valence electrons. The van der Waals surface area contributed by atoms with Crippen molar-refractivity contribution in [3.63, 3.8) is 0 Å². The molecule has 1 aromatic carbocycles. The predicted octanol–water partition coefficient (Wildman–Crippen LogP) is 1.65. The van der Waals surface area contributed by atoms with Gasteiger partial charge in [-0.05, 0) is 30.0 Å². The highest BCUT2D eigenvalue weighted by molar-refractivity contribution is 8.14. The summed E-state index contributed by atoms with van der Waals surface area (Å²) in [5, 5.41) is 4.60. The van der Waals surface area contributed by atoms with Gasteiger partial charge in [-0.2, -0.15) is 0 Å². The number of primary amides is 1. The van der Waals surface area contributed by atoms with Crippen LogP contribution in [0.4, 0.5) is 0 Å². The Balaban J connectivity index is 3.10. The summed E-state index contributed by atoms with van der Waals surface area (Å²) in [4.78, 5) is 49.0. The largest absolute Gasteiger partial charge is 0.497 e. The molecule has 9 heteroatoms. The minimum Gasteiger partial charge on any atom is -0.497 e. The molecule has 3 amide bonds. The van der Waals surface area contributed by atoms with Crippen LogP contribution in [-0.4, -0.2) is 48.3 Å². The van der Waals surface area contributed by atoms with Gasteiger partial charge in [0.25, 0.3) is 0 Å². The standard InChI is InChI=1S/C22H33N3O5S/c1-13(2)10-17(19(12-20(23)27)31-14(3)26)21(28)25-18(22(29)24-4)11-15-6-8-16(30-5)9-7-15/h6-9,13,17-19H,10-12H2,1-5H3,(H2,23,27)(H,24,29)(H,25,28)/t17?,18-,19?/m0/s1. The predicted molar refractivity (Wildman–Crippen MR) is 122 cm³/mol. The maximum Gasteiger partial charge on any atom is 0.242 e. The van der Waals surface area contributed by atoms with Crippen LogP contribution in [0.15, 0.2) is 24.3 Å². The first kappa shape index (κ1) is 26.5. The number of nitrogens with two attached hydrogens (primary N) is 1. The van der Waals surface area contributed by atoms with Gasteiger partial charge in [0.15, 0.2) is 5.12 Å². The van der Waals surface area contributed by atoms with Crippen molar-refractivity contribution in [1.82, 2.24) is 10.6 Å². The van der Waals surface area contributed by atoms with E-state index in [9.17, 15) is 19.2 Å². The van der Waals surface area contributed by atoms with E-state index in [1.807, 2.05) is 26.0 Å². The van der Waals surface area contributed by atoms with Gasteiger partial charge in [-0.1, -0.05) is 37.7 Å². The molecule has 0 aliphatic heterocycles. The highest BCUT2D eigenvalue weighted by Gasteiger charge is 2.34. The van der Waals surface area contributed by atoms with E-state index in [2.05, 4.69) is 10.6 Å². The quantitative estimate of drug-likeness (QED) is 0.443. The number of likely N-dealkylation sites (N-methyl/N-ethyl adjacent to an activating group) is 1. The van der Waals surface area contributed by atoms with Crippen molar-refractivity contribution in [3.05, 3.63) is 29.8 Å². The molecule has 4 N–H and O–H groups in total. The number of nitrogens with one attached hydrogen (secondary N) is 2. The van der Waals surface area contributed by atoms with Crippen LogP contribution in [0.2, 0.25) is 0 Å². The molecule has 0 spiro atoms. The summed E-state index contributed by atoms with van der Waals surface area (Å²) in [6, 6.07) is 6.41. The van der Waals surface area contributed by atoms with Crippen molar-refractivity contribution < 1.29 is 23.9 Å². The summed E-state index contributed by atoms with van der Waals surface area (Å²) < 4.78 is 5.15. The second kappa shape index (κ2) is 13.0. The third kappa shape index (κ3) is 9.42. The second-order valence-corrected chi connectivity index (χ2v) is 9.20. The van der Waals surface area contributed by atoms with E-state index in [1.165, 1.54) is 14.0 Å². The second-order valence-electron chi connectivity index (χ2n) is 7.78. The van der Waals surface area contributed by atoms with E-state index in [0.29, 0.717) is 12.2 Å². The molecule has 1 rings (SSSR count). The van der Waals surface area contributed by atoms with Gasteiger partial charge in [0.05, 0.1) is 13.0 Å². The molecular formula is C22H33N3O5S. The fraction of sp³-hybridized carbons (Fsp3) is 0.545. The number of methoxy groups -OCH3 is 1. The van der Waals surface area contributed by atoms with Gasteiger partial charge in [0.1, 0.15) is 11.8 Å². The molecule has 0 heterocycles. The monoisotopic (exact) mass is 451 g/mol. The summed E-state index contributed by atoms with van der Waals surface area (Å²) in [5.41, 5.74) is 6.21. The molecular weight excluding hydrogens is 418 g/mol. The van der Waals surface area contributed by atoms with Crippen molar-refractivity contribution in [3.8, 4) is 5.75 Å². The average molecular weight is 452 g/mol. The Morgan fingerprint density at radius 3 is 2.16 bits per heavy atom. The molecule has 8 nitrogen and oxygen atoms in total. The van der Waals surface area contributed by atoms with Crippen molar-refractivity contribution in [2.45, 2.75) is 51.3 Å². The average Bonchev–Trinajstić information content (AvgIpc) is 2.70. The zero-order chi connectivity index (χ0) is 23.6. The van der Waals surface area contributed by atoms with E-state index < -0.39 is 23.1 Å². The lowest BCUT2D eigenvalue weighted by atomic mass is 9.90. The number of hydrogen-bond acceptors (Lipinski definition) is 6. The molecule has 2 unspecified atom stereocenters. The van der Waals surface area contributed by atoms with Crippen LogP contribution >= 0.6 is 11.8 Å². The summed E-state index contributed by atoms with van der Waals surface area (Å²) in [6.45, 7) is 5.29. The maximum atomic E-state index is 13.2. The van der Waals surface area contributed by atoms with Gasteiger partial charge < -0.3 is 21.1 Å². The van der Waals surface area contributed by atoms with E-state index >= 15 is 0 Å². The molecule has 1 aromatic rings. The summed E-state index contributed by atoms with van der Waals surface area (Å²) in [7, 11) is 3.07. The highest BCUT2D eigenvalue weighted by atomic mass is 32.2. The summed E-state index contributed by atoms with van der Waals surface area (Å²) >= 11 is 0.941. The number of thioether (sulfide) groups is 1. The third-order valence-corrected chi connectivity index (χ3v) is 5.84. The molecule has 31 heavy (non-hydrogen) atoms. The number of amides is 3. The van der Waals surface area contributed by atoms with E-state index in [0.717, 1.165) is 17.3 Å². The lowest BCUT2D eigenvalue weighted by Crippen LogP contribution is -2.50. The fourth-order valence-corrected chi connectivity index (χ4v) is 4.35. The minimum atomic E-state index is -0.808. The van der Waals surface area contributed by atoms with E-state index in [1.54, 1.807) is 19.2 Å². The topological polar surface area (TPSA) is 128 Å². The van der Waals surface area contributed by atoms with Crippen molar-refractivity contribution >= 4 is 34.6 Å². The molecule has 3 atom stereocenters. The molecule has 0 aromatic heterocycles. The first-order valence-corrected chi connectivity index (χ1v) is 11.1. The number of rotatable bonds is 12. The van der Waals surface area contributed by atoms with Crippen LogP contribution in [0.3, 0.4) is 0 Å². The van der Waals surface area contributed by atoms with Crippen molar-refractivity contribution in [2.75, 3.05) is 14.2 Å². The number of benzene rings is 1. The van der Waals surface area contributed by atoms with Crippen molar-refractivity contribution in [2.24, 2.45) is 17.6 Å². The fourth-order valence-electron chi connectivity index (χ4n) is 3.27. The number of carbonyl (C=O) groups is 4. The Labute approximate surface area is 188 Å². The zero-order valence-corrected chi connectivity index (χ0v) is 19.6. The van der Waals surface area contributed by atoms with E-state index in [4.69, 9.17) is 10.5 Å². The van der Waals surface area contributed by atoms with Crippen LogP contribution < -0.4 is 21.1 Å². The Bertz CT molecular complexity index is 751. The van der Waals surface area contributed by atoms with Gasteiger partial charge in [-0.3, -0.25) is 19.2 Å². The van der Waals surface area contributed by atoms with Crippen LogP contribution in [0.1, 0.15) is 39.2 Å². The molecule has 0 radical (unpaired) electrons. The first-order chi connectivity index (χ1) is 14.6. The van der Waals surface area contributed by atoms with Crippen LogP contribution in [0.5, 0.6) is 5.75 Å². The molecule has 0 aliphatic carbocycles. The maximum absolute atomic E-state index is 13.2. The van der Waals surface area contributed by atoms with Gasteiger partial charge >= 0.3 is 0 Å². The molecule has 0 saturated carbocycles. The SMILES string of the molecule is CNC(=O)[C@H](Cc1ccc(OC)cc1)NC(=O)C(CC(C)C)C(CC(N)=O)SC(C)=O. The highest BCUT2D eigenvalue weighted by Crippen LogP contribution is 2.29. The number of hydrogen-bond donors (Lipinski definition) is 3. The number of carbonyl (C=O) groups excluding carboxylic acids is 4. The summed E-state index contributed by atoms with van der Waals surface area (Å²) in [5.74, 6) is -1.12. The van der Waals surface area contributed by atoms with Gasteiger partial charge in [0.2, 0.25) is 17.7 Å². The van der Waals surface area contributed by atoms with Crippen LogP contribution in [0, 0.1) is 11.8 Å². The van der Waals surface area contributed by atoms with Gasteiger partial charge in [-0.25, -0.2) is 0 Å². The zero-order valence-electron chi connectivity index (χ0n) is 18.8. The lowest BCUT2D eigenvalue weighted by molar-refractivity contribution is -0.131. The van der Waals surface area contributed by atoms with Crippen LogP contribution in [0.25, 0.3) is 0 Å². The normalized spacial score (nSPS) is 13.7. The first-order valence-electron chi connectivity index (χ1n) is 10.2. The Morgan fingerprint density at radius 1 is 1.10 bits per heavy atom. The van der Waals surface area contributed by atoms with Crippen molar-refractivity contribution in [1.29, 1.82) is 0 Å². The molecule has 0 fully saturated rings. The number of ether oxygens (including phenoxy) is 1. The molecule has 0 aliphatic rings. The lowest BCUT2D eigenvalue weighted by Gasteiger charge is -2.28.